The van der Waals surface area contributed by atoms with Gasteiger partial charge in [0.1, 0.15) is 6.33 Å². The average Bonchev–Trinajstić information content (AvgIpc) is 3.05. The van der Waals surface area contributed by atoms with E-state index in [0.717, 1.165) is 22.4 Å². The molecule has 0 unspecified atom stereocenters. The van der Waals surface area contributed by atoms with Gasteiger partial charge in [0.2, 0.25) is 5.65 Å². The Kier molecular flexibility index (Phi) is 2.49. The summed E-state index contributed by atoms with van der Waals surface area (Å²) in [6.07, 6.45) is 1.66. The van der Waals surface area contributed by atoms with E-state index < -0.39 is 0 Å². The van der Waals surface area contributed by atoms with Crippen LogP contribution in [0.1, 0.15) is 11.4 Å². The van der Waals surface area contributed by atoms with Gasteiger partial charge in [0.25, 0.3) is 0 Å². The van der Waals surface area contributed by atoms with Crippen molar-refractivity contribution in [1.82, 2.24) is 29.4 Å². The van der Waals surface area contributed by atoms with Crippen molar-refractivity contribution in [3.05, 3.63) is 47.0 Å². The van der Waals surface area contributed by atoms with Crippen molar-refractivity contribution in [3.63, 3.8) is 0 Å². The third-order valence-electron chi connectivity index (χ3n) is 3.38. The fourth-order valence-electron chi connectivity index (χ4n) is 2.50. The van der Waals surface area contributed by atoms with E-state index in [2.05, 4.69) is 20.3 Å². The van der Waals surface area contributed by atoms with Crippen LogP contribution < -0.4 is 0 Å². The Balaban J connectivity index is 2.15. The summed E-state index contributed by atoms with van der Waals surface area (Å²) in [6.45, 7) is 3.94. The first-order valence-electron chi connectivity index (χ1n) is 6.46. The summed E-state index contributed by atoms with van der Waals surface area (Å²) >= 11 is 6.07. The van der Waals surface area contributed by atoms with Gasteiger partial charge >= 0.3 is 0 Å². The summed E-state index contributed by atoms with van der Waals surface area (Å²) < 4.78 is 3.66. The highest BCUT2D eigenvalue weighted by molar-refractivity contribution is 6.31. The van der Waals surface area contributed by atoms with E-state index in [4.69, 9.17) is 11.6 Å². The monoisotopic (exact) mass is 298 g/mol. The number of rotatable bonds is 1. The fraction of sp³-hybridized carbons (Fsp3) is 0.143. The van der Waals surface area contributed by atoms with Gasteiger partial charge in [0.05, 0.1) is 16.7 Å². The summed E-state index contributed by atoms with van der Waals surface area (Å²) in [5.74, 6) is 0.660. The number of benzene rings is 1. The van der Waals surface area contributed by atoms with Gasteiger partial charge in [-0.1, -0.05) is 11.6 Å². The first kappa shape index (κ1) is 12.3. The van der Waals surface area contributed by atoms with Gasteiger partial charge in [0, 0.05) is 10.7 Å². The summed E-state index contributed by atoms with van der Waals surface area (Å²) in [5, 5.41) is 13.3. The smallest absolute Gasteiger partial charge is 0.206 e. The van der Waals surface area contributed by atoms with E-state index in [1.807, 2.05) is 42.5 Å². The molecule has 21 heavy (non-hydrogen) atoms. The van der Waals surface area contributed by atoms with Crippen molar-refractivity contribution in [1.29, 1.82) is 0 Å². The van der Waals surface area contributed by atoms with Crippen LogP contribution in [0.2, 0.25) is 5.02 Å². The second-order valence-electron chi connectivity index (χ2n) is 4.93. The standard InChI is InChI=1S/C14H11ClN6/c1-8-5-9(2)21(19-8)13-14-18-16-7-20(14)12-6-10(15)3-4-11(12)17-13/h3-7H,1-2H3. The van der Waals surface area contributed by atoms with Crippen LogP contribution >= 0.6 is 11.6 Å². The number of halogens is 1. The van der Waals surface area contributed by atoms with E-state index >= 15 is 0 Å². The lowest BCUT2D eigenvalue weighted by molar-refractivity contribution is 0.809. The SMILES string of the molecule is Cc1cc(C)n(-c2nc3ccc(Cl)cc3n3cnnc23)n1. The molecule has 3 heterocycles. The lowest BCUT2D eigenvalue weighted by atomic mass is 10.3. The van der Waals surface area contributed by atoms with Crippen LogP contribution in [0.5, 0.6) is 0 Å². The summed E-state index contributed by atoms with van der Waals surface area (Å²) in [7, 11) is 0. The van der Waals surface area contributed by atoms with Gasteiger partial charge < -0.3 is 0 Å². The molecule has 7 heteroatoms. The lowest BCUT2D eigenvalue weighted by Gasteiger charge is -2.08. The molecule has 104 valence electrons. The first-order chi connectivity index (χ1) is 10.1. The molecule has 4 rings (SSSR count). The number of aryl methyl sites for hydroxylation is 2. The molecule has 0 fully saturated rings. The van der Waals surface area contributed by atoms with Gasteiger partial charge in [-0.15, -0.1) is 10.2 Å². The van der Waals surface area contributed by atoms with Crippen LogP contribution in [0.3, 0.4) is 0 Å². The molecule has 0 aliphatic rings. The molecule has 3 aromatic heterocycles. The van der Waals surface area contributed by atoms with Crippen molar-refractivity contribution in [2.75, 3.05) is 0 Å². The molecule has 0 atom stereocenters. The highest BCUT2D eigenvalue weighted by Gasteiger charge is 2.14. The largest absolute Gasteiger partial charge is 0.277 e. The minimum atomic E-state index is 0.649. The first-order valence-corrected chi connectivity index (χ1v) is 6.84. The molecule has 0 aliphatic heterocycles. The van der Waals surface area contributed by atoms with E-state index in [-0.39, 0.29) is 0 Å². The van der Waals surface area contributed by atoms with E-state index in [1.165, 1.54) is 0 Å². The van der Waals surface area contributed by atoms with Crippen LogP contribution in [0.15, 0.2) is 30.6 Å². The molecule has 1 aromatic carbocycles. The molecule has 0 aliphatic carbocycles. The molecule has 0 radical (unpaired) electrons. The molecule has 0 N–H and O–H groups in total. The Labute approximate surface area is 125 Å². The maximum absolute atomic E-state index is 6.07. The van der Waals surface area contributed by atoms with Crippen LogP contribution in [0, 0.1) is 13.8 Å². The number of nitrogens with zero attached hydrogens (tertiary/aromatic N) is 6. The Hall–Kier alpha value is -2.47. The van der Waals surface area contributed by atoms with Gasteiger partial charge in [-0.2, -0.15) is 5.10 Å². The van der Waals surface area contributed by atoms with Crippen LogP contribution in [0.25, 0.3) is 22.5 Å². The molecule has 0 saturated heterocycles. The molecule has 6 nitrogen and oxygen atoms in total. The number of hydrogen-bond donors (Lipinski definition) is 0. The quantitative estimate of drug-likeness (QED) is 0.542. The van der Waals surface area contributed by atoms with Crippen LogP contribution in [-0.4, -0.2) is 29.4 Å². The minimum absolute atomic E-state index is 0.649. The highest BCUT2D eigenvalue weighted by Crippen LogP contribution is 2.23. The highest BCUT2D eigenvalue weighted by atomic mass is 35.5. The third-order valence-corrected chi connectivity index (χ3v) is 3.62. The maximum Gasteiger partial charge on any atom is 0.206 e. The van der Waals surface area contributed by atoms with Crippen molar-refractivity contribution in [2.24, 2.45) is 0 Å². The molecule has 0 bridgehead atoms. The second-order valence-corrected chi connectivity index (χ2v) is 5.37. The maximum atomic E-state index is 6.07. The van der Waals surface area contributed by atoms with Crippen LogP contribution in [-0.2, 0) is 0 Å². The summed E-state index contributed by atoms with van der Waals surface area (Å²) in [4.78, 5) is 4.68. The second kappa shape index (κ2) is 4.26. The zero-order valence-electron chi connectivity index (χ0n) is 11.4. The van der Waals surface area contributed by atoms with E-state index in [0.29, 0.717) is 16.5 Å². The van der Waals surface area contributed by atoms with Gasteiger partial charge in [-0.25, -0.2) is 9.67 Å². The fourth-order valence-corrected chi connectivity index (χ4v) is 2.66. The van der Waals surface area contributed by atoms with Gasteiger partial charge in [0.15, 0.2) is 5.82 Å². The zero-order chi connectivity index (χ0) is 14.6. The molecule has 0 amide bonds. The third kappa shape index (κ3) is 1.80. The molecular formula is C14H11ClN6. The number of fused-ring (bicyclic) bond motifs is 3. The Bertz CT molecular complexity index is 984. The minimum Gasteiger partial charge on any atom is -0.277 e. The van der Waals surface area contributed by atoms with Gasteiger partial charge in [-0.05, 0) is 38.1 Å². The number of hydrogen-bond acceptors (Lipinski definition) is 4. The predicted octanol–water partition coefficient (Wildman–Crippen LogP) is 2.73. The Morgan fingerprint density at radius 3 is 2.76 bits per heavy atom. The normalized spacial score (nSPS) is 11.6. The van der Waals surface area contributed by atoms with Gasteiger partial charge in [-0.3, -0.25) is 4.40 Å². The van der Waals surface area contributed by atoms with Crippen molar-refractivity contribution >= 4 is 28.3 Å². The topological polar surface area (TPSA) is 60.9 Å². The predicted molar refractivity (Wildman–Crippen MR) is 79.9 cm³/mol. The number of aromatic nitrogens is 6. The zero-order valence-corrected chi connectivity index (χ0v) is 12.2. The Morgan fingerprint density at radius 2 is 2.00 bits per heavy atom. The van der Waals surface area contributed by atoms with Crippen molar-refractivity contribution < 1.29 is 0 Å². The summed E-state index contributed by atoms with van der Waals surface area (Å²) in [5.41, 5.74) is 4.26. The van der Waals surface area contributed by atoms with E-state index in [1.54, 1.807) is 11.0 Å². The lowest BCUT2D eigenvalue weighted by Crippen LogP contribution is -2.06. The molecular weight excluding hydrogens is 288 g/mol. The molecule has 0 saturated carbocycles. The van der Waals surface area contributed by atoms with Crippen molar-refractivity contribution in [3.8, 4) is 5.82 Å². The Morgan fingerprint density at radius 1 is 1.14 bits per heavy atom. The molecule has 4 aromatic rings. The van der Waals surface area contributed by atoms with Crippen molar-refractivity contribution in [2.45, 2.75) is 13.8 Å². The molecule has 0 spiro atoms. The van der Waals surface area contributed by atoms with E-state index in [9.17, 15) is 0 Å². The average molecular weight is 299 g/mol. The van der Waals surface area contributed by atoms with Crippen LogP contribution in [0.4, 0.5) is 0 Å². The summed E-state index contributed by atoms with van der Waals surface area (Å²) in [6, 6.07) is 7.55.